The smallest absolute Gasteiger partial charge is 0.296 e. The van der Waals surface area contributed by atoms with Gasteiger partial charge in [0.1, 0.15) is 22.8 Å². The second-order valence-corrected chi connectivity index (χ2v) is 6.88. The van der Waals surface area contributed by atoms with E-state index >= 15 is 0 Å². The monoisotopic (exact) mass is 369 g/mol. The van der Waals surface area contributed by atoms with E-state index in [-0.39, 0.29) is 18.8 Å². The second kappa shape index (κ2) is 6.24. The molecular formula is C19H19N3O5. The van der Waals surface area contributed by atoms with Crippen LogP contribution in [0.5, 0.6) is 5.75 Å². The number of hydrogen-bond acceptors (Lipinski definition) is 6. The number of rotatable bonds is 3. The molecule has 0 bridgehead atoms. The number of carbonyl (C=O) groups excluding carboxylic acids is 1. The molecule has 1 aliphatic heterocycles. The molecule has 0 saturated carbocycles. The number of carbonyl (C=O) groups is 1. The number of nitrogens with zero attached hydrogens (tertiary/aromatic N) is 2. The molecule has 0 unspecified atom stereocenters. The first-order valence-electron chi connectivity index (χ1n) is 8.61. The number of para-hydroxylation sites is 1. The number of aromatic hydroxyl groups is 1. The Balaban J connectivity index is 1.62. The minimum absolute atomic E-state index is 0.104. The second-order valence-electron chi connectivity index (χ2n) is 6.88. The van der Waals surface area contributed by atoms with Crippen LogP contribution in [0.4, 0.5) is 0 Å². The number of benzene rings is 1. The fraction of sp³-hybridized carbons (Fsp3) is 0.316. The molecule has 2 N–H and O–H groups in total. The van der Waals surface area contributed by atoms with E-state index in [0.29, 0.717) is 23.8 Å². The predicted molar refractivity (Wildman–Crippen MR) is 96.5 cm³/mol. The fourth-order valence-electron chi connectivity index (χ4n) is 3.20. The summed E-state index contributed by atoms with van der Waals surface area (Å²) in [5, 5.41) is 13.7. The molecule has 0 saturated heterocycles. The molecule has 8 heteroatoms. The van der Waals surface area contributed by atoms with Gasteiger partial charge in [0.25, 0.3) is 11.5 Å². The summed E-state index contributed by atoms with van der Waals surface area (Å²) in [5.41, 5.74) is -1.08. The first kappa shape index (κ1) is 17.3. The number of furan rings is 1. The topological polar surface area (TPSA) is 107 Å². The molecule has 0 radical (unpaired) electrons. The van der Waals surface area contributed by atoms with Crippen molar-refractivity contribution in [2.24, 2.45) is 0 Å². The van der Waals surface area contributed by atoms with Gasteiger partial charge in [-0.2, -0.15) is 0 Å². The average molecular weight is 369 g/mol. The molecule has 140 valence electrons. The van der Waals surface area contributed by atoms with Crippen molar-refractivity contribution in [1.29, 1.82) is 0 Å². The summed E-state index contributed by atoms with van der Waals surface area (Å²) < 4.78 is 12.6. The van der Waals surface area contributed by atoms with Crippen LogP contribution in [0.2, 0.25) is 0 Å². The lowest BCUT2D eigenvalue weighted by Gasteiger charge is -2.32. The largest absolute Gasteiger partial charge is 0.501 e. The van der Waals surface area contributed by atoms with Crippen molar-refractivity contribution in [2.45, 2.75) is 32.5 Å². The highest BCUT2D eigenvalue weighted by Crippen LogP contribution is 2.27. The fourth-order valence-corrected chi connectivity index (χ4v) is 3.20. The third kappa shape index (κ3) is 2.97. The molecule has 8 nitrogen and oxygen atoms in total. The summed E-state index contributed by atoms with van der Waals surface area (Å²) in [6, 6.07) is 9.32. The molecule has 1 aromatic carbocycles. The number of ether oxygens (including phenoxy) is 1. The molecule has 1 amide bonds. The molecule has 4 rings (SSSR count). The minimum atomic E-state index is -0.834. The molecule has 3 heterocycles. The SMILES string of the molecule is CC1(C)OCCn2c1nc(C(=O)NCc1cc3ccccc3o1)c(O)c2=O. The molecule has 2 aromatic heterocycles. The van der Waals surface area contributed by atoms with Gasteiger partial charge in [-0.15, -0.1) is 0 Å². The van der Waals surface area contributed by atoms with Gasteiger partial charge in [0.05, 0.1) is 19.7 Å². The van der Waals surface area contributed by atoms with Crippen molar-refractivity contribution in [3.8, 4) is 5.75 Å². The maximum Gasteiger partial charge on any atom is 0.296 e. The highest BCUT2D eigenvalue weighted by Gasteiger charge is 2.34. The Hall–Kier alpha value is -3.13. The summed E-state index contributed by atoms with van der Waals surface area (Å²) in [5.74, 6) is -0.457. The van der Waals surface area contributed by atoms with Gasteiger partial charge in [0.2, 0.25) is 5.75 Å². The quantitative estimate of drug-likeness (QED) is 0.730. The molecule has 0 aliphatic carbocycles. The van der Waals surface area contributed by atoms with Crippen LogP contribution in [0.25, 0.3) is 11.0 Å². The van der Waals surface area contributed by atoms with Crippen molar-refractivity contribution >= 4 is 16.9 Å². The first-order valence-corrected chi connectivity index (χ1v) is 8.61. The maximum atomic E-state index is 12.5. The van der Waals surface area contributed by atoms with Gasteiger partial charge in [-0.25, -0.2) is 4.98 Å². The molecule has 3 aromatic rings. The van der Waals surface area contributed by atoms with Gasteiger partial charge < -0.3 is 19.6 Å². The van der Waals surface area contributed by atoms with Crippen LogP contribution in [-0.4, -0.2) is 27.2 Å². The maximum absolute atomic E-state index is 12.5. The van der Waals surface area contributed by atoms with E-state index in [0.717, 1.165) is 5.39 Å². The van der Waals surface area contributed by atoms with Crippen molar-refractivity contribution < 1.29 is 19.1 Å². The van der Waals surface area contributed by atoms with Crippen molar-refractivity contribution in [2.75, 3.05) is 6.61 Å². The minimum Gasteiger partial charge on any atom is -0.501 e. The van der Waals surface area contributed by atoms with Crippen LogP contribution < -0.4 is 10.9 Å². The Kier molecular flexibility index (Phi) is 4.00. The lowest BCUT2D eigenvalue weighted by molar-refractivity contribution is -0.0566. The van der Waals surface area contributed by atoms with Crippen LogP contribution in [0, 0.1) is 0 Å². The Morgan fingerprint density at radius 1 is 1.37 bits per heavy atom. The number of hydrogen-bond donors (Lipinski definition) is 2. The number of amides is 1. The lowest BCUT2D eigenvalue weighted by Crippen LogP contribution is -2.42. The normalized spacial score (nSPS) is 15.5. The summed E-state index contributed by atoms with van der Waals surface area (Å²) in [4.78, 5) is 29.2. The Bertz CT molecular complexity index is 1060. The Labute approximate surface area is 154 Å². The molecule has 0 spiro atoms. The summed E-state index contributed by atoms with van der Waals surface area (Å²) in [6.45, 7) is 4.24. The number of aromatic nitrogens is 2. The van der Waals surface area contributed by atoms with E-state index in [1.807, 2.05) is 30.3 Å². The molecule has 0 atom stereocenters. The number of nitrogens with one attached hydrogen (secondary N) is 1. The Morgan fingerprint density at radius 3 is 2.93 bits per heavy atom. The zero-order valence-electron chi connectivity index (χ0n) is 15.0. The first-order chi connectivity index (χ1) is 12.9. The van der Waals surface area contributed by atoms with Gasteiger partial charge in [-0.05, 0) is 26.0 Å². The van der Waals surface area contributed by atoms with E-state index in [1.54, 1.807) is 13.8 Å². The summed E-state index contributed by atoms with van der Waals surface area (Å²) >= 11 is 0. The Morgan fingerprint density at radius 2 is 2.15 bits per heavy atom. The third-order valence-corrected chi connectivity index (χ3v) is 4.58. The molecular weight excluding hydrogens is 350 g/mol. The van der Waals surface area contributed by atoms with E-state index < -0.39 is 22.8 Å². The van der Waals surface area contributed by atoms with Gasteiger partial charge >= 0.3 is 0 Å². The van der Waals surface area contributed by atoms with Crippen molar-refractivity contribution in [1.82, 2.24) is 14.9 Å². The van der Waals surface area contributed by atoms with Crippen molar-refractivity contribution in [3.05, 3.63) is 58.0 Å². The van der Waals surface area contributed by atoms with Crippen LogP contribution in [0.15, 0.2) is 39.5 Å². The molecule has 1 aliphatic rings. The standard InChI is InChI=1S/C19H19N3O5/c1-19(2)18-21-14(15(23)17(25)22(18)7-8-26-19)16(24)20-10-12-9-11-5-3-4-6-13(11)27-12/h3-6,9,23H,7-8,10H2,1-2H3,(H,20,24). The highest BCUT2D eigenvalue weighted by atomic mass is 16.5. The highest BCUT2D eigenvalue weighted by molar-refractivity contribution is 5.94. The van der Waals surface area contributed by atoms with Gasteiger partial charge in [0, 0.05) is 5.39 Å². The van der Waals surface area contributed by atoms with Gasteiger partial charge in [-0.1, -0.05) is 18.2 Å². The van der Waals surface area contributed by atoms with E-state index in [1.165, 1.54) is 4.57 Å². The van der Waals surface area contributed by atoms with Gasteiger partial charge in [-0.3, -0.25) is 14.2 Å². The lowest BCUT2D eigenvalue weighted by atomic mass is 10.1. The summed E-state index contributed by atoms with van der Waals surface area (Å²) in [7, 11) is 0. The molecule has 27 heavy (non-hydrogen) atoms. The van der Waals surface area contributed by atoms with E-state index in [2.05, 4.69) is 10.3 Å². The predicted octanol–water partition coefficient (Wildman–Crippen LogP) is 1.89. The molecule has 0 fully saturated rings. The van der Waals surface area contributed by atoms with Crippen LogP contribution >= 0.6 is 0 Å². The van der Waals surface area contributed by atoms with E-state index in [4.69, 9.17) is 9.15 Å². The van der Waals surface area contributed by atoms with Crippen LogP contribution in [0.3, 0.4) is 0 Å². The number of fused-ring (bicyclic) bond motifs is 2. The zero-order valence-corrected chi connectivity index (χ0v) is 15.0. The zero-order chi connectivity index (χ0) is 19.2. The van der Waals surface area contributed by atoms with Crippen LogP contribution in [0.1, 0.15) is 35.9 Å². The van der Waals surface area contributed by atoms with Gasteiger partial charge in [0.15, 0.2) is 5.69 Å². The van der Waals surface area contributed by atoms with Crippen molar-refractivity contribution in [3.63, 3.8) is 0 Å². The van der Waals surface area contributed by atoms with Crippen LogP contribution in [-0.2, 0) is 23.4 Å². The third-order valence-electron chi connectivity index (χ3n) is 4.58. The van der Waals surface area contributed by atoms with E-state index in [9.17, 15) is 14.7 Å². The summed E-state index contributed by atoms with van der Waals surface area (Å²) in [6.07, 6.45) is 0. The average Bonchev–Trinajstić information content (AvgIpc) is 3.05.